The van der Waals surface area contributed by atoms with Crippen molar-refractivity contribution in [3.63, 3.8) is 0 Å². The van der Waals surface area contributed by atoms with Gasteiger partial charge in [-0.25, -0.2) is 13.4 Å². The maximum absolute atomic E-state index is 12.4. The van der Waals surface area contributed by atoms with Gasteiger partial charge in [-0.05, 0) is 48.0 Å². The standard InChI is InChI=1S/C23H20ClN3O3S/c1-2-31(29,30)18-9-6-16(7-10-18)14-23(28)26-17-8-11-19(20(24)15-17)21-4-3-5-22-25-12-13-27(21)22/h3-13,15H,2,14H2,1H3,(H,26,28). The van der Waals surface area contributed by atoms with E-state index in [0.717, 1.165) is 22.5 Å². The molecule has 8 heteroatoms. The summed E-state index contributed by atoms with van der Waals surface area (Å²) >= 11 is 6.51. The number of benzene rings is 2. The Morgan fingerprint density at radius 2 is 1.87 bits per heavy atom. The van der Waals surface area contributed by atoms with Gasteiger partial charge in [-0.1, -0.05) is 36.7 Å². The number of nitrogens with zero attached hydrogens (tertiary/aromatic N) is 2. The molecular formula is C23H20ClN3O3S. The predicted octanol–water partition coefficient (Wildman–Crippen LogP) is 4.63. The van der Waals surface area contributed by atoms with Gasteiger partial charge in [0.1, 0.15) is 5.65 Å². The summed E-state index contributed by atoms with van der Waals surface area (Å²) in [6.45, 7) is 1.60. The smallest absolute Gasteiger partial charge is 0.228 e. The number of rotatable bonds is 6. The van der Waals surface area contributed by atoms with Crippen LogP contribution in [0.2, 0.25) is 5.02 Å². The van der Waals surface area contributed by atoms with Crippen LogP contribution in [-0.4, -0.2) is 29.5 Å². The van der Waals surface area contributed by atoms with Crippen LogP contribution in [0.1, 0.15) is 12.5 Å². The Bertz CT molecular complexity index is 1360. The zero-order valence-electron chi connectivity index (χ0n) is 16.7. The van der Waals surface area contributed by atoms with Crippen molar-refractivity contribution in [3.8, 4) is 11.3 Å². The molecule has 0 aliphatic rings. The summed E-state index contributed by atoms with van der Waals surface area (Å²) in [5.74, 6) is -0.175. The molecule has 0 fully saturated rings. The zero-order valence-corrected chi connectivity index (χ0v) is 18.3. The second-order valence-electron chi connectivity index (χ2n) is 7.03. The van der Waals surface area contributed by atoms with Gasteiger partial charge in [-0.15, -0.1) is 0 Å². The summed E-state index contributed by atoms with van der Waals surface area (Å²) in [6, 6.07) is 17.5. The zero-order chi connectivity index (χ0) is 22.0. The van der Waals surface area contributed by atoms with Crippen molar-refractivity contribution in [2.75, 3.05) is 11.1 Å². The molecule has 0 saturated carbocycles. The van der Waals surface area contributed by atoms with Gasteiger partial charge in [0.2, 0.25) is 5.91 Å². The van der Waals surface area contributed by atoms with Crippen molar-refractivity contribution in [2.24, 2.45) is 0 Å². The van der Waals surface area contributed by atoms with Crippen molar-refractivity contribution < 1.29 is 13.2 Å². The molecule has 2 heterocycles. The summed E-state index contributed by atoms with van der Waals surface area (Å²) in [7, 11) is -3.25. The third kappa shape index (κ3) is 4.47. The topological polar surface area (TPSA) is 80.5 Å². The van der Waals surface area contributed by atoms with Crippen LogP contribution in [0.15, 0.2) is 78.0 Å². The number of aromatic nitrogens is 2. The normalized spacial score (nSPS) is 11.5. The highest BCUT2D eigenvalue weighted by molar-refractivity contribution is 7.91. The SMILES string of the molecule is CCS(=O)(=O)c1ccc(CC(=O)Nc2ccc(-c3cccc4nccn34)c(Cl)c2)cc1. The molecular weight excluding hydrogens is 434 g/mol. The maximum atomic E-state index is 12.4. The molecule has 2 aromatic heterocycles. The Balaban J connectivity index is 1.48. The Labute approximate surface area is 185 Å². The molecule has 0 unspecified atom stereocenters. The first-order valence-electron chi connectivity index (χ1n) is 9.71. The number of halogens is 1. The summed E-state index contributed by atoms with van der Waals surface area (Å²) in [6.07, 6.45) is 3.72. The molecule has 0 aliphatic heterocycles. The van der Waals surface area contributed by atoms with Crippen LogP contribution in [0, 0.1) is 0 Å². The molecule has 0 atom stereocenters. The van der Waals surface area contributed by atoms with E-state index in [1.54, 1.807) is 37.4 Å². The summed E-state index contributed by atoms with van der Waals surface area (Å²) < 4.78 is 25.7. The third-order valence-corrected chi connectivity index (χ3v) is 7.05. The van der Waals surface area contributed by atoms with Gasteiger partial charge in [0.25, 0.3) is 0 Å². The second kappa shape index (κ2) is 8.53. The minimum Gasteiger partial charge on any atom is -0.326 e. The van der Waals surface area contributed by atoms with Crippen LogP contribution in [0.25, 0.3) is 16.9 Å². The van der Waals surface area contributed by atoms with Crippen LogP contribution >= 0.6 is 11.6 Å². The second-order valence-corrected chi connectivity index (χ2v) is 9.72. The van der Waals surface area contributed by atoms with Crippen LogP contribution in [0.3, 0.4) is 0 Å². The molecule has 31 heavy (non-hydrogen) atoms. The van der Waals surface area contributed by atoms with Crippen molar-refractivity contribution in [3.05, 3.63) is 83.6 Å². The number of sulfone groups is 1. The number of carbonyl (C=O) groups excluding carboxylic acids is 1. The fourth-order valence-electron chi connectivity index (χ4n) is 3.34. The lowest BCUT2D eigenvalue weighted by Crippen LogP contribution is -2.14. The van der Waals surface area contributed by atoms with E-state index in [-0.39, 0.29) is 23.0 Å². The Morgan fingerprint density at radius 3 is 2.58 bits per heavy atom. The van der Waals surface area contributed by atoms with Crippen molar-refractivity contribution in [1.82, 2.24) is 9.38 Å². The Hall–Kier alpha value is -3.16. The van der Waals surface area contributed by atoms with Crippen LogP contribution < -0.4 is 5.32 Å². The Morgan fingerprint density at radius 1 is 1.10 bits per heavy atom. The lowest BCUT2D eigenvalue weighted by Gasteiger charge is -2.11. The van der Waals surface area contributed by atoms with Gasteiger partial charge >= 0.3 is 0 Å². The highest BCUT2D eigenvalue weighted by atomic mass is 35.5. The number of amides is 1. The summed E-state index contributed by atoms with van der Waals surface area (Å²) in [5.41, 5.74) is 3.86. The summed E-state index contributed by atoms with van der Waals surface area (Å²) in [5, 5.41) is 3.34. The highest BCUT2D eigenvalue weighted by Gasteiger charge is 2.13. The third-order valence-electron chi connectivity index (χ3n) is 4.98. The molecule has 1 amide bonds. The number of pyridine rings is 1. The van der Waals surface area contributed by atoms with Crippen molar-refractivity contribution >= 4 is 38.7 Å². The monoisotopic (exact) mass is 453 g/mol. The average molecular weight is 454 g/mol. The molecule has 0 bridgehead atoms. The molecule has 4 rings (SSSR count). The molecule has 0 saturated heterocycles. The first-order valence-corrected chi connectivity index (χ1v) is 11.7. The van der Waals surface area contributed by atoms with Gasteiger partial charge in [0.05, 0.1) is 27.8 Å². The number of imidazole rings is 1. The molecule has 158 valence electrons. The molecule has 4 aromatic rings. The first kappa shape index (κ1) is 21.1. The van der Waals surface area contributed by atoms with Crippen molar-refractivity contribution in [2.45, 2.75) is 18.2 Å². The minimum absolute atomic E-state index is 0.0406. The van der Waals surface area contributed by atoms with E-state index in [0.29, 0.717) is 10.7 Å². The van der Waals surface area contributed by atoms with Gasteiger partial charge in [0.15, 0.2) is 9.84 Å². The predicted molar refractivity (Wildman–Crippen MR) is 122 cm³/mol. The van der Waals surface area contributed by atoms with Gasteiger partial charge < -0.3 is 5.32 Å². The van der Waals surface area contributed by atoms with E-state index in [1.165, 1.54) is 12.1 Å². The van der Waals surface area contributed by atoms with Crippen molar-refractivity contribution in [1.29, 1.82) is 0 Å². The van der Waals surface area contributed by atoms with Gasteiger partial charge in [-0.3, -0.25) is 9.20 Å². The highest BCUT2D eigenvalue weighted by Crippen LogP contribution is 2.30. The first-order chi connectivity index (χ1) is 14.9. The van der Waals surface area contributed by atoms with Gasteiger partial charge in [-0.2, -0.15) is 0 Å². The molecule has 2 aromatic carbocycles. The average Bonchev–Trinajstić information content (AvgIpc) is 3.23. The van der Waals surface area contributed by atoms with Gasteiger partial charge in [0, 0.05) is 23.6 Å². The fraction of sp³-hybridized carbons (Fsp3) is 0.130. The van der Waals surface area contributed by atoms with E-state index in [1.807, 2.05) is 34.9 Å². The molecule has 6 nitrogen and oxygen atoms in total. The number of fused-ring (bicyclic) bond motifs is 1. The molecule has 0 spiro atoms. The largest absolute Gasteiger partial charge is 0.326 e. The maximum Gasteiger partial charge on any atom is 0.228 e. The van der Waals surface area contributed by atoms with E-state index in [9.17, 15) is 13.2 Å². The number of hydrogen-bond acceptors (Lipinski definition) is 4. The Kier molecular flexibility index (Phi) is 5.80. The number of hydrogen-bond donors (Lipinski definition) is 1. The van der Waals surface area contributed by atoms with E-state index < -0.39 is 9.84 Å². The minimum atomic E-state index is -3.25. The van der Waals surface area contributed by atoms with Crippen LogP contribution in [-0.2, 0) is 21.1 Å². The number of anilines is 1. The van der Waals surface area contributed by atoms with Crippen LogP contribution in [0.4, 0.5) is 5.69 Å². The van der Waals surface area contributed by atoms with Crippen LogP contribution in [0.5, 0.6) is 0 Å². The molecule has 0 aliphatic carbocycles. The lowest BCUT2D eigenvalue weighted by molar-refractivity contribution is -0.115. The number of nitrogens with one attached hydrogen (secondary N) is 1. The quantitative estimate of drug-likeness (QED) is 0.461. The van der Waals surface area contributed by atoms with E-state index in [4.69, 9.17) is 11.6 Å². The van der Waals surface area contributed by atoms with E-state index in [2.05, 4.69) is 10.3 Å². The fourth-order valence-corrected chi connectivity index (χ4v) is 4.50. The summed E-state index contributed by atoms with van der Waals surface area (Å²) in [4.78, 5) is 17.0. The molecule has 1 N–H and O–H groups in total. The molecule has 0 radical (unpaired) electrons. The van der Waals surface area contributed by atoms with E-state index >= 15 is 0 Å². The number of carbonyl (C=O) groups is 1. The lowest BCUT2D eigenvalue weighted by atomic mass is 10.1.